The lowest BCUT2D eigenvalue weighted by Gasteiger charge is -2.19. The number of hydrogen-bond donors (Lipinski definition) is 2. The lowest BCUT2D eigenvalue weighted by Crippen LogP contribution is -2.33. The highest BCUT2D eigenvalue weighted by molar-refractivity contribution is 9.10. The van der Waals surface area contributed by atoms with Crippen molar-refractivity contribution in [2.24, 2.45) is 0 Å². The van der Waals surface area contributed by atoms with Gasteiger partial charge in [0, 0.05) is 23.6 Å². The minimum absolute atomic E-state index is 0.0724. The molecule has 0 heterocycles. The Labute approximate surface area is 159 Å². The molecule has 0 saturated heterocycles. The van der Waals surface area contributed by atoms with Gasteiger partial charge in [-0.1, -0.05) is 0 Å². The third-order valence-corrected chi connectivity index (χ3v) is 3.64. The molecular weight excluding hydrogens is 410 g/mol. The zero-order valence-corrected chi connectivity index (χ0v) is 16.6. The van der Waals surface area contributed by atoms with Crippen LogP contribution in [0.15, 0.2) is 16.6 Å². The van der Waals surface area contributed by atoms with Crippen LogP contribution in [0.2, 0.25) is 0 Å². The van der Waals surface area contributed by atoms with Crippen molar-refractivity contribution in [1.82, 2.24) is 5.32 Å². The first-order valence-corrected chi connectivity index (χ1v) is 8.61. The number of halogens is 1. The Morgan fingerprint density at radius 3 is 2.46 bits per heavy atom. The fourth-order valence-electron chi connectivity index (χ4n) is 1.95. The van der Waals surface area contributed by atoms with Crippen LogP contribution in [0.5, 0.6) is 0 Å². The molecule has 0 fully saturated rings. The van der Waals surface area contributed by atoms with E-state index in [0.29, 0.717) is 24.0 Å². The van der Waals surface area contributed by atoms with E-state index >= 15 is 0 Å². The van der Waals surface area contributed by atoms with Gasteiger partial charge in [0.1, 0.15) is 11.3 Å². The molecule has 1 rings (SSSR count). The van der Waals surface area contributed by atoms with Crippen molar-refractivity contribution in [3.05, 3.63) is 32.3 Å². The van der Waals surface area contributed by atoms with Crippen LogP contribution in [0.4, 0.5) is 16.2 Å². The van der Waals surface area contributed by atoms with E-state index in [1.54, 1.807) is 20.8 Å². The third kappa shape index (κ3) is 6.87. The van der Waals surface area contributed by atoms with Crippen molar-refractivity contribution < 1.29 is 24.0 Å². The normalized spacial score (nSPS) is 10.8. The SMILES string of the molecule is COC(=O)c1cc(Br)c(NCCCNC(=O)OC(C)(C)C)c([N+](=O)[O-])c1. The van der Waals surface area contributed by atoms with Crippen molar-refractivity contribution in [1.29, 1.82) is 0 Å². The second-order valence-corrected chi connectivity index (χ2v) is 7.16. The summed E-state index contributed by atoms with van der Waals surface area (Å²) in [6.45, 7) is 6.01. The maximum Gasteiger partial charge on any atom is 0.407 e. The number of methoxy groups -OCH3 is 1. The number of carbonyl (C=O) groups is 2. The van der Waals surface area contributed by atoms with E-state index in [4.69, 9.17) is 4.74 Å². The van der Waals surface area contributed by atoms with Crippen LogP contribution in [0, 0.1) is 10.1 Å². The predicted molar refractivity (Wildman–Crippen MR) is 99.5 cm³/mol. The molecular formula is C16H22BrN3O6. The van der Waals surface area contributed by atoms with Crippen molar-refractivity contribution in [2.75, 3.05) is 25.5 Å². The first kappa shape index (κ1) is 21.7. The third-order valence-electron chi connectivity index (χ3n) is 3.01. The van der Waals surface area contributed by atoms with Crippen LogP contribution in [0.25, 0.3) is 0 Å². The molecule has 0 aliphatic carbocycles. The number of rotatable bonds is 7. The van der Waals surface area contributed by atoms with Gasteiger partial charge in [0.25, 0.3) is 5.69 Å². The Morgan fingerprint density at radius 1 is 1.27 bits per heavy atom. The van der Waals surface area contributed by atoms with Gasteiger partial charge >= 0.3 is 12.1 Å². The highest BCUT2D eigenvalue weighted by Gasteiger charge is 2.21. The molecule has 0 spiro atoms. The number of carbonyl (C=O) groups excluding carboxylic acids is 2. The molecule has 1 aromatic carbocycles. The fourth-order valence-corrected chi connectivity index (χ4v) is 2.54. The van der Waals surface area contributed by atoms with Crippen LogP contribution in [-0.4, -0.2) is 42.8 Å². The van der Waals surface area contributed by atoms with Crippen LogP contribution < -0.4 is 10.6 Å². The molecule has 9 nitrogen and oxygen atoms in total. The van der Waals surface area contributed by atoms with Gasteiger partial charge in [-0.3, -0.25) is 10.1 Å². The van der Waals surface area contributed by atoms with Gasteiger partial charge in [-0.15, -0.1) is 0 Å². The van der Waals surface area contributed by atoms with Gasteiger partial charge in [-0.25, -0.2) is 9.59 Å². The zero-order chi connectivity index (χ0) is 19.9. The summed E-state index contributed by atoms with van der Waals surface area (Å²) in [5, 5.41) is 16.8. The summed E-state index contributed by atoms with van der Waals surface area (Å²) in [6.07, 6.45) is -0.00574. The van der Waals surface area contributed by atoms with Crippen molar-refractivity contribution in [3.8, 4) is 0 Å². The molecule has 0 unspecified atom stereocenters. The summed E-state index contributed by atoms with van der Waals surface area (Å²) in [5.74, 6) is -0.665. The maximum atomic E-state index is 11.6. The average Bonchev–Trinajstić information content (AvgIpc) is 2.52. The molecule has 1 amide bonds. The summed E-state index contributed by atoms with van der Waals surface area (Å²) in [6, 6.07) is 2.60. The molecule has 2 N–H and O–H groups in total. The molecule has 0 aliphatic rings. The van der Waals surface area contributed by atoms with Crippen LogP contribution in [0.1, 0.15) is 37.6 Å². The molecule has 0 bridgehead atoms. The number of hydrogen-bond acceptors (Lipinski definition) is 7. The molecule has 1 aromatic rings. The highest BCUT2D eigenvalue weighted by atomic mass is 79.9. The summed E-state index contributed by atoms with van der Waals surface area (Å²) in [7, 11) is 1.20. The Morgan fingerprint density at radius 2 is 1.92 bits per heavy atom. The smallest absolute Gasteiger partial charge is 0.407 e. The summed E-state index contributed by atoms with van der Waals surface area (Å²) < 4.78 is 10.1. The number of nitrogens with one attached hydrogen (secondary N) is 2. The van der Waals surface area contributed by atoms with E-state index in [-0.39, 0.29) is 16.9 Å². The number of alkyl carbamates (subject to hydrolysis) is 1. The minimum Gasteiger partial charge on any atom is -0.465 e. The minimum atomic E-state index is -0.665. The quantitative estimate of drug-likeness (QED) is 0.293. The molecule has 0 aliphatic heterocycles. The number of amides is 1. The van der Waals surface area contributed by atoms with E-state index in [1.165, 1.54) is 13.2 Å². The average molecular weight is 432 g/mol. The van der Waals surface area contributed by atoms with E-state index in [9.17, 15) is 19.7 Å². The van der Waals surface area contributed by atoms with E-state index in [2.05, 4.69) is 31.3 Å². The van der Waals surface area contributed by atoms with E-state index in [1.807, 2.05) is 0 Å². The van der Waals surface area contributed by atoms with Gasteiger partial charge in [-0.05, 0) is 49.2 Å². The fraction of sp³-hybridized carbons (Fsp3) is 0.500. The molecule has 26 heavy (non-hydrogen) atoms. The molecule has 0 atom stereocenters. The lowest BCUT2D eigenvalue weighted by molar-refractivity contribution is -0.384. The summed E-state index contributed by atoms with van der Waals surface area (Å²) in [5.41, 5.74) is -0.502. The molecule has 10 heteroatoms. The van der Waals surface area contributed by atoms with Gasteiger partial charge in [0.2, 0.25) is 0 Å². The number of nitro benzene ring substituents is 1. The van der Waals surface area contributed by atoms with Gasteiger partial charge in [0.05, 0.1) is 17.6 Å². The van der Waals surface area contributed by atoms with Crippen molar-refractivity contribution in [2.45, 2.75) is 32.8 Å². The molecule has 0 aromatic heterocycles. The molecule has 0 saturated carbocycles. The number of nitro groups is 1. The maximum absolute atomic E-state index is 11.6. The van der Waals surface area contributed by atoms with Crippen molar-refractivity contribution >= 4 is 39.4 Å². The zero-order valence-electron chi connectivity index (χ0n) is 15.1. The Balaban J connectivity index is 2.66. The number of esters is 1. The van der Waals surface area contributed by atoms with E-state index in [0.717, 1.165) is 6.07 Å². The van der Waals surface area contributed by atoms with Gasteiger partial charge in [-0.2, -0.15) is 0 Å². The molecule has 0 radical (unpaired) electrons. The number of anilines is 1. The summed E-state index contributed by atoms with van der Waals surface area (Å²) >= 11 is 3.22. The second kappa shape index (κ2) is 9.37. The standard InChI is InChI=1S/C16H22BrN3O6/c1-16(2,3)26-15(22)19-7-5-6-18-13-11(17)8-10(14(21)25-4)9-12(13)20(23)24/h8-9,18H,5-7H2,1-4H3,(H,19,22). The van der Waals surface area contributed by atoms with E-state index < -0.39 is 22.6 Å². The van der Waals surface area contributed by atoms with Crippen LogP contribution in [0.3, 0.4) is 0 Å². The number of ether oxygens (including phenoxy) is 2. The van der Waals surface area contributed by atoms with Crippen molar-refractivity contribution in [3.63, 3.8) is 0 Å². The first-order valence-electron chi connectivity index (χ1n) is 7.82. The largest absolute Gasteiger partial charge is 0.465 e. The lowest BCUT2D eigenvalue weighted by atomic mass is 10.1. The van der Waals surface area contributed by atoms with Crippen LogP contribution >= 0.6 is 15.9 Å². The monoisotopic (exact) mass is 431 g/mol. The Hall–Kier alpha value is -2.36. The first-order chi connectivity index (χ1) is 12.0. The number of nitrogens with zero attached hydrogens (tertiary/aromatic N) is 1. The van der Waals surface area contributed by atoms with Crippen LogP contribution in [-0.2, 0) is 9.47 Å². The Kier molecular flexibility index (Phi) is 7.81. The topological polar surface area (TPSA) is 120 Å². The Bertz CT molecular complexity index is 687. The predicted octanol–water partition coefficient (Wildman–Crippen LogP) is 3.47. The second-order valence-electron chi connectivity index (χ2n) is 6.31. The molecule has 144 valence electrons. The number of benzene rings is 1. The van der Waals surface area contributed by atoms with Gasteiger partial charge < -0.3 is 20.1 Å². The van der Waals surface area contributed by atoms with Gasteiger partial charge in [0.15, 0.2) is 0 Å². The summed E-state index contributed by atoms with van der Waals surface area (Å²) in [4.78, 5) is 33.8. The highest BCUT2D eigenvalue weighted by Crippen LogP contribution is 2.34.